The van der Waals surface area contributed by atoms with Crippen LogP contribution in [-0.2, 0) is 5.54 Å². The van der Waals surface area contributed by atoms with Crippen LogP contribution in [0.2, 0.25) is 0 Å². The maximum atomic E-state index is 6.57. The van der Waals surface area contributed by atoms with E-state index in [2.05, 4.69) is 36.0 Å². The monoisotopic (exact) mass is 261 g/mol. The van der Waals surface area contributed by atoms with Crippen LogP contribution in [0.5, 0.6) is 0 Å². The molecule has 0 spiro atoms. The van der Waals surface area contributed by atoms with Crippen LogP contribution in [0.25, 0.3) is 0 Å². The van der Waals surface area contributed by atoms with Crippen molar-refractivity contribution in [2.75, 3.05) is 11.5 Å². The van der Waals surface area contributed by atoms with Crippen LogP contribution in [0.1, 0.15) is 55.6 Å². The van der Waals surface area contributed by atoms with Crippen molar-refractivity contribution < 1.29 is 0 Å². The zero-order valence-corrected chi connectivity index (χ0v) is 11.8. The normalized spacial score (nSPS) is 24.3. The predicted octanol–water partition coefficient (Wildman–Crippen LogP) is 4.03. The lowest BCUT2D eigenvalue weighted by Gasteiger charge is -2.27. The lowest BCUT2D eigenvalue weighted by molar-refractivity contribution is 0.460. The molecule has 0 amide bonds. The van der Waals surface area contributed by atoms with Crippen molar-refractivity contribution in [2.45, 2.75) is 50.0 Å². The zero-order chi connectivity index (χ0) is 12.4. The van der Waals surface area contributed by atoms with Crippen LogP contribution in [0.3, 0.4) is 0 Å². The highest BCUT2D eigenvalue weighted by atomic mass is 32.2. The summed E-state index contributed by atoms with van der Waals surface area (Å²) >= 11 is 2.10. The van der Waals surface area contributed by atoms with Gasteiger partial charge in [0.05, 0.1) is 0 Å². The number of thioether (sulfide) groups is 1. The number of hydrogen-bond acceptors (Lipinski definition) is 2. The molecule has 1 aliphatic carbocycles. The molecular formula is C16H23NS. The summed E-state index contributed by atoms with van der Waals surface area (Å²) < 4.78 is 0. The summed E-state index contributed by atoms with van der Waals surface area (Å²) in [5, 5.41) is 0. The summed E-state index contributed by atoms with van der Waals surface area (Å²) in [6.45, 7) is 0. The highest BCUT2D eigenvalue weighted by Gasteiger charge is 2.31. The standard InChI is InChI=1S/C16H23NS/c17-16(8-1-2-9-16)15-5-3-4-14(12-15)13-6-10-18-11-7-13/h3-5,12-13H,1-2,6-11,17H2. The van der Waals surface area contributed by atoms with E-state index in [0.717, 1.165) is 18.8 Å². The van der Waals surface area contributed by atoms with E-state index < -0.39 is 0 Å². The van der Waals surface area contributed by atoms with E-state index in [0.29, 0.717) is 0 Å². The fourth-order valence-corrected chi connectivity index (χ4v) is 4.53. The van der Waals surface area contributed by atoms with Crippen molar-refractivity contribution in [1.82, 2.24) is 0 Å². The molecule has 98 valence electrons. The summed E-state index contributed by atoms with van der Waals surface area (Å²) in [4.78, 5) is 0. The molecular weight excluding hydrogens is 238 g/mol. The average Bonchev–Trinajstić information content (AvgIpc) is 2.88. The Kier molecular flexibility index (Phi) is 3.67. The smallest absolute Gasteiger partial charge is 0.0409 e. The van der Waals surface area contributed by atoms with Gasteiger partial charge in [0.15, 0.2) is 0 Å². The Labute approximate surface area is 115 Å². The number of nitrogens with two attached hydrogens (primary N) is 1. The third-order valence-corrected chi connectivity index (χ3v) is 5.70. The fourth-order valence-electron chi connectivity index (χ4n) is 3.43. The second-order valence-corrected chi connectivity index (χ2v) is 7.10. The van der Waals surface area contributed by atoms with Gasteiger partial charge in [-0.3, -0.25) is 0 Å². The Morgan fingerprint density at radius 2 is 1.83 bits per heavy atom. The minimum Gasteiger partial charge on any atom is -0.321 e. The number of benzene rings is 1. The van der Waals surface area contributed by atoms with Crippen LogP contribution in [0.15, 0.2) is 24.3 Å². The van der Waals surface area contributed by atoms with Crippen molar-refractivity contribution in [3.05, 3.63) is 35.4 Å². The van der Waals surface area contributed by atoms with Crippen molar-refractivity contribution in [2.24, 2.45) is 5.73 Å². The minimum atomic E-state index is -0.0283. The van der Waals surface area contributed by atoms with Crippen LogP contribution in [0.4, 0.5) is 0 Å². The summed E-state index contributed by atoms with van der Waals surface area (Å²) in [6.07, 6.45) is 7.59. The molecule has 1 nitrogen and oxygen atoms in total. The van der Waals surface area contributed by atoms with Gasteiger partial charge in [-0.15, -0.1) is 0 Å². The molecule has 18 heavy (non-hydrogen) atoms. The molecule has 0 radical (unpaired) electrons. The minimum absolute atomic E-state index is 0.0283. The van der Waals surface area contributed by atoms with Gasteiger partial charge >= 0.3 is 0 Å². The van der Waals surface area contributed by atoms with Gasteiger partial charge in [0, 0.05) is 5.54 Å². The fraction of sp³-hybridized carbons (Fsp3) is 0.625. The molecule has 0 aromatic heterocycles. The predicted molar refractivity (Wildman–Crippen MR) is 80.1 cm³/mol. The quantitative estimate of drug-likeness (QED) is 0.870. The summed E-state index contributed by atoms with van der Waals surface area (Å²) in [5.74, 6) is 3.42. The molecule has 2 aliphatic rings. The molecule has 2 heteroatoms. The maximum absolute atomic E-state index is 6.57. The summed E-state index contributed by atoms with van der Waals surface area (Å²) in [7, 11) is 0. The third-order valence-electron chi connectivity index (χ3n) is 4.65. The molecule has 2 fully saturated rings. The highest BCUT2D eigenvalue weighted by molar-refractivity contribution is 7.99. The molecule has 0 atom stereocenters. The Morgan fingerprint density at radius 1 is 1.11 bits per heavy atom. The zero-order valence-electron chi connectivity index (χ0n) is 11.0. The van der Waals surface area contributed by atoms with Crippen LogP contribution < -0.4 is 5.73 Å². The molecule has 1 heterocycles. The molecule has 1 aliphatic heterocycles. The summed E-state index contributed by atoms with van der Waals surface area (Å²) in [6, 6.07) is 9.18. The largest absolute Gasteiger partial charge is 0.321 e. The van der Waals surface area contributed by atoms with Gasteiger partial charge < -0.3 is 5.73 Å². The van der Waals surface area contributed by atoms with E-state index in [4.69, 9.17) is 5.73 Å². The number of hydrogen-bond donors (Lipinski definition) is 1. The van der Waals surface area contributed by atoms with Gasteiger partial charge in [0.2, 0.25) is 0 Å². The van der Waals surface area contributed by atoms with Gasteiger partial charge in [-0.05, 0) is 54.2 Å². The second-order valence-electron chi connectivity index (χ2n) is 5.88. The first kappa shape index (κ1) is 12.6. The lowest BCUT2D eigenvalue weighted by Crippen LogP contribution is -2.33. The maximum Gasteiger partial charge on any atom is 0.0409 e. The van der Waals surface area contributed by atoms with Crippen LogP contribution in [-0.4, -0.2) is 11.5 Å². The van der Waals surface area contributed by atoms with Gasteiger partial charge in [-0.25, -0.2) is 0 Å². The lowest BCUT2D eigenvalue weighted by atomic mass is 9.85. The highest BCUT2D eigenvalue weighted by Crippen LogP contribution is 2.38. The molecule has 1 saturated carbocycles. The van der Waals surface area contributed by atoms with Crippen molar-refractivity contribution in [3.8, 4) is 0 Å². The molecule has 2 N–H and O–H groups in total. The van der Waals surface area contributed by atoms with E-state index >= 15 is 0 Å². The SMILES string of the molecule is NC1(c2cccc(C3CCSCC3)c2)CCCC1. The van der Waals surface area contributed by atoms with Gasteiger partial charge in [-0.1, -0.05) is 37.1 Å². The van der Waals surface area contributed by atoms with Crippen LogP contribution >= 0.6 is 11.8 Å². The second kappa shape index (κ2) is 5.26. The first-order chi connectivity index (χ1) is 8.78. The summed E-state index contributed by atoms with van der Waals surface area (Å²) in [5.41, 5.74) is 9.46. The van der Waals surface area contributed by atoms with Gasteiger partial charge in [-0.2, -0.15) is 11.8 Å². The van der Waals surface area contributed by atoms with Gasteiger partial charge in [0.1, 0.15) is 0 Å². The Hall–Kier alpha value is -0.470. The van der Waals surface area contributed by atoms with E-state index in [9.17, 15) is 0 Å². The average molecular weight is 261 g/mol. The molecule has 3 rings (SSSR count). The first-order valence-electron chi connectivity index (χ1n) is 7.25. The van der Waals surface area contributed by atoms with Gasteiger partial charge in [0.25, 0.3) is 0 Å². The topological polar surface area (TPSA) is 26.0 Å². The van der Waals surface area contributed by atoms with Crippen molar-refractivity contribution in [1.29, 1.82) is 0 Å². The number of rotatable bonds is 2. The Balaban J connectivity index is 1.84. The molecule has 0 unspecified atom stereocenters. The van der Waals surface area contributed by atoms with Crippen LogP contribution in [0, 0.1) is 0 Å². The van der Waals surface area contributed by atoms with E-state index in [1.807, 2.05) is 0 Å². The third kappa shape index (κ3) is 2.46. The van der Waals surface area contributed by atoms with Crippen molar-refractivity contribution in [3.63, 3.8) is 0 Å². The Bertz CT molecular complexity index is 403. The van der Waals surface area contributed by atoms with E-state index in [1.165, 1.54) is 48.3 Å². The van der Waals surface area contributed by atoms with Crippen molar-refractivity contribution >= 4 is 11.8 Å². The van der Waals surface area contributed by atoms with E-state index in [1.54, 1.807) is 0 Å². The Morgan fingerprint density at radius 3 is 2.56 bits per heavy atom. The molecule has 1 aromatic carbocycles. The first-order valence-corrected chi connectivity index (χ1v) is 8.40. The molecule has 1 saturated heterocycles. The molecule has 1 aromatic rings. The molecule has 0 bridgehead atoms. The van der Waals surface area contributed by atoms with E-state index in [-0.39, 0.29) is 5.54 Å².